The molecule has 0 radical (unpaired) electrons. The molecule has 108 valence electrons. The summed E-state index contributed by atoms with van der Waals surface area (Å²) in [7, 11) is 0. The summed E-state index contributed by atoms with van der Waals surface area (Å²) in [6, 6.07) is 11.0. The summed E-state index contributed by atoms with van der Waals surface area (Å²) in [4.78, 5) is 6.68. The van der Waals surface area contributed by atoms with Crippen molar-refractivity contribution in [3.8, 4) is 0 Å². The van der Waals surface area contributed by atoms with Gasteiger partial charge in [0.15, 0.2) is 0 Å². The molecular weight excluding hydrogens is 248 g/mol. The van der Waals surface area contributed by atoms with Crippen LogP contribution >= 0.6 is 0 Å². The Morgan fingerprint density at radius 1 is 1.20 bits per heavy atom. The van der Waals surface area contributed by atoms with Crippen LogP contribution in [0.4, 0.5) is 0 Å². The predicted molar refractivity (Wildman–Crippen MR) is 82.2 cm³/mol. The highest BCUT2D eigenvalue weighted by Gasteiger charge is 2.19. The summed E-state index contributed by atoms with van der Waals surface area (Å²) >= 11 is 0. The Bertz CT molecular complexity index is 502. The van der Waals surface area contributed by atoms with E-state index >= 15 is 0 Å². The number of hydrogen-bond acceptors (Lipinski definition) is 3. The Hall–Kier alpha value is -1.65. The smallest absolute Gasteiger partial charge is 0.0949 e. The Labute approximate surface area is 121 Å². The number of nitrogens with two attached hydrogens (primary N) is 1. The first-order valence-corrected chi connectivity index (χ1v) is 7.28. The van der Waals surface area contributed by atoms with E-state index in [0.717, 1.165) is 25.3 Å². The van der Waals surface area contributed by atoms with Gasteiger partial charge in [-0.25, -0.2) is 4.98 Å². The molecule has 0 bridgehead atoms. The van der Waals surface area contributed by atoms with E-state index in [0.29, 0.717) is 12.6 Å². The molecule has 4 heteroatoms. The van der Waals surface area contributed by atoms with Crippen LogP contribution in [-0.2, 0) is 13.1 Å². The number of imidazole rings is 1. The van der Waals surface area contributed by atoms with Crippen LogP contribution in [0, 0.1) is 0 Å². The van der Waals surface area contributed by atoms with Crippen molar-refractivity contribution in [2.75, 3.05) is 13.1 Å². The van der Waals surface area contributed by atoms with Crippen molar-refractivity contribution >= 4 is 0 Å². The molecule has 0 aliphatic carbocycles. The molecule has 1 atom stereocenters. The molecule has 0 aliphatic rings. The van der Waals surface area contributed by atoms with Gasteiger partial charge in [-0.15, -0.1) is 0 Å². The summed E-state index contributed by atoms with van der Waals surface area (Å²) in [5.41, 5.74) is 8.20. The van der Waals surface area contributed by atoms with Gasteiger partial charge >= 0.3 is 0 Å². The second-order valence-corrected chi connectivity index (χ2v) is 4.89. The molecular formula is C16H24N4. The van der Waals surface area contributed by atoms with Gasteiger partial charge in [-0.1, -0.05) is 44.2 Å². The van der Waals surface area contributed by atoms with Gasteiger partial charge in [-0.3, -0.25) is 4.90 Å². The Morgan fingerprint density at radius 3 is 2.50 bits per heavy atom. The van der Waals surface area contributed by atoms with E-state index in [9.17, 15) is 0 Å². The number of likely N-dealkylation sites (N-methyl/N-ethyl adjacent to an activating group) is 1. The fourth-order valence-electron chi connectivity index (χ4n) is 2.64. The molecule has 1 aromatic carbocycles. The van der Waals surface area contributed by atoms with E-state index in [1.165, 1.54) is 5.56 Å². The van der Waals surface area contributed by atoms with Crippen molar-refractivity contribution in [3.63, 3.8) is 0 Å². The minimum Gasteiger partial charge on any atom is -0.331 e. The molecule has 2 aromatic rings. The summed E-state index contributed by atoms with van der Waals surface area (Å²) in [6.07, 6.45) is 3.73. The van der Waals surface area contributed by atoms with Crippen molar-refractivity contribution in [1.82, 2.24) is 14.5 Å². The third kappa shape index (κ3) is 3.26. The number of rotatable bonds is 7. The van der Waals surface area contributed by atoms with Crippen LogP contribution in [0.5, 0.6) is 0 Å². The highest BCUT2D eigenvalue weighted by Crippen LogP contribution is 2.23. The molecule has 1 aromatic heterocycles. The lowest BCUT2D eigenvalue weighted by Crippen LogP contribution is -2.32. The summed E-state index contributed by atoms with van der Waals surface area (Å²) in [5, 5.41) is 0. The zero-order valence-corrected chi connectivity index (χ0v) is 12.4. The average Bonchev–Trinajstić information content (AvgIpc) is 2.95. The van der Waals surface area contributed by atoms with Gasteiger partial charge in [-0.2, -0.15) is 0 Å². The maximum Gasteiger partial charge on any atom is 0.0949 e. The average molecular weight is 272 g/mol. The van der Waals surface area contributed by atoms with Crippen LogP contribution in [0.25, 0.3) is 0 Å². The zero-order valence-electron chi connectivity index (χ0n) is 12.4. The van der Waals surface area contributed by atoms with Crippen molar-refractivity contribution in [1.29, 1.82) is 0 Å². The van der Waals surface area contributed by atoms with E-state index in [1.807, 2.05) is 12.5 Å². The van der Waals surface area contributed by atoms with Gasteiger partial charge < -0.3 is 10.3 Å². The summed E-state index contributed by atoms with van der Waals surface area (Å²) in [5.74, 6) is 0. The molecule has 4 nitrogen and oxygen atoms in total. The number of hydrogen-bond donors (Lipinski definition) is 1. The molecule has 0 fully saturated rings. The van der Waals surface area contributed by atoms with E-state index in [1.54, 1.807) is 0 Å². The highest BCUT2D eigenvalue weighted by molar-refractivity contribution is 5.19. The SMILES string of the molecule is CCN(CC)C(Cn1cncc1CN)c1ccccc1. The third-order valence-corrected chi connectivity index (χ3v) is 3.81. The minimum absolute atomic E-state index is 0.352. The maximum atomic E-state index is 5.78. The summed E-state index contributed by atoms with van der Waals surface area (Å²) in [6.45, 7) is 7.89. The van der Waals surface area contributed by atoms with E-state index in [4.69, 9.17) is 5.73 Å². The van der Waals surface area contributed by atoms with Crippen molar-refractivity contribution in [3.05, 3.63) is 54.1 Å². The molecule has 0 saturated heterocycles. The second kappa shape index (κ2) is 7.22. The van der Waals surface area contributed by atoms with Gasteiger partial charge in [0.05, 0.1) is 18.1 Å². The predicted octanol–water partition coefficient (Wildman–Crippen LogP) is 2.42. The Balaban J connectivity index is 2.27. The third-order valence-electron chi connectivity index (χ3n) is 3.81. The van der Waals surface area contributed by atoms with Crippen LogP contribution in [0.3, 0.4) is 0 Å². The van der Waals surface area contributed by atoms with Gasteiger partial charge in [0.25, 0.3) is 0 Å². The topological polar surface area (TPSA) is 47.1 Å². The van der Waals surface area contributed by atoms with E-state index in [2.05, 4.69) is 58.6 Å². The minimum atomic E-state index is 0.352. The van der Waals surface area contributed by atoms with Gasteiger partial charge in [0.2, 0.25) is 0 Å². The van der Waals surface area contributed by atoms with E-state index in [-0.39, 0.29) is 0 Å². The maximum absolute atomic E-state index is 5.78. The van der Waals surface area contributed by atoms with Gasteiger partial charge in [-0.05, 0) is 18.7 Å². The van der Waals surface area contributed by atoms with Crippen molar-refractivity contribution in [2.45, 2.75) is 33.0 Å². The molecule has 2 N–H and O–H groups in total. The number of aromatic nitrogens is 2. The second-order valence-electron chi connectivity index (χ2n) is 4.89. The van der Waals surface area contributed by atoms with Crippen molar-refractivity contribution < 1.29 is 0 Å². The molecule has 1 heterocycles. The quantitative estimate of drug-likeness (QED) is 0.842. The van der Waals surface area contributed by atoms with E-state index < -0.39 is 0 Å². The Morgan fingerprint density at radius 2 is 1.90 bits per heavy atom. The lowest BCUT2D eigenvalue weighted by molar-refractivity contribution is 0.197. The van der Waals surface area contributed by atoms with Crippen LogP contribution in [0.2, 0.25) is 0 Å². The summed E-state index contributed by atoms with van der Waals surface area (Å²) < 4.78 is 2.16. The Kier molecular flexibility index (Phi) is 5.32. The lowest BCUT2D eigenvalue weighted by atomic mass is 10.0. The number of benzene rings is 1. The largest absolute Gasteiger partial charge is 0.331 e. The van der Waals surface area contributed by atoms with Crippen LogP contribution in [0.1, 0.15) is 31.1 Å². The first kappa shape index (κ1) is 14.8. The van der Waals surface area contributed by atoms with Gasteiger partial charge in [0, 0.05) is 19.3 Å². The highest BCUT2D eigenvalue weighted by atomic mass is 15.2. The zero-order chi connectivity index (χ0) is 14.4. The molecule has 0 amide bonds. The first-order chi connectivity index (χ1) is 9.80. The monoisotopic (exact) mass is 272 g/mol. The van der Waals surface area contributed by atoms with Gasteiger partial charge in [0.1, 0.15) is 0 Å². The van der Waals surface area contributed by atoms with Crippen LogP contribution in [-0.4, -0.2) is 27.5 Å². The molecule has 2 rings (SSSR count). The molecule has 0 spiro atoms. The molecule has 0 saturated carbocycles. The standard InChI is InChI=1S/C16H24N4/c1-3-19(4-2)16(14-8-6-5-7-9-14)12-20-13-18-11-15(20)10-17/h5-9,11,13,16H,3-4,10,12,17H2,1-2H3. The fraction of sp³-hybridized carbons (Fsp3) is 0.438. The molecule has 20 heavy (non-hydrogen) atoms. The van der Waals surface area contributed by atoms with Crippen LogP contribution < -0.4 is 5.73 Å². The normalized spacial score (nSPS) is 12.8. The first-order valence-electron chi connectivity index (χ1n) is 7.28. The number of nitrogens with zero attached hydrogens (tertiary/aromatic N) is 3. The lowest BCUT2D eigenvalue weighted by Gasteiger charge is -2.30. The fourth-order valence-corrected chi connectivity index (χ4v) is 2.64. The molecule has 0 aliphatic heterocycles. The van der Waals surface area contributed by atoms with Crippen molar-refractivity contribution in [2.24, 2.45) is 5.73 Å². The van der Waals surface area contributed by atoms with Crippen LogP contribution in [0.15, 0.2) is 42.9 Å². The molecule has 1 unspecified atom stereocenters.